The lowest BCUT2D eigenvalue weighted by atomic mass is 10.0. The van der Waals surface area contributed by atoms with E-state index in [1.807, 2.05) is 24.3 Å². The van der Waals surface area contributed by atoms with E-state index >= 15 is 0 Å². The predicted molar refractivity (Wildman–Crippen MR) is 68.9 cm³/mol. The molecular formula is C14H15NO4. The highest BCUT2D eigenvalue weighted by Gasteiger charge is 2.32. The summed E-state index contributed by atoms with van der Waals surface area (Å²) in [5.41, 5.74) is -0.280. The van der Waals surface area contributed by atoms with Crippen LogP contribution >= 0.6 is 0 Å². The molecule has 1 aliphatic rings. The Labute approximate surface area is 110 Å². The fourth-order valence-electron chi connectivity index (χ4n) is 2.16. The number of nitrogens with one attached hydrogen (secondary N) is 1. The number of hydrogen-bond acceptors (Lipinski definition) is 4. The van der Waals surface area contributed by atoms with Gasteiger partial charge in [-0.1, -0.05) is 18.2 Å². The normalized spacial score (nSPS) is 22.8. The molecule has 2 heterocycles. The molecule has 1 aliphatic heterocycles. The first-order chi connectivity index (χ1) is 9.16. The average molecular weight is 261 g/mol. The number of fused-ring (bicyclic) bond motifs is 1. The number of carbonyl (C=O) groups excluding carboxylic acids is 1. The van der Waals surface area contributed by atoms with Gasteiger partial charge in [-0.15, -0.1) is 0 Å². The molecule has 1 saturated heterocycles. The van der Waals surface area contributed by atoms with Crippen molar-refractivity contribution in [2.24, 2.45) is 0 Å². The first-order valence-corrected chi connectivity index (χ1v) is 6.23. The van der Waals surface area contributed by atoms with Crippen LogP contribution in [-0.2, 0) is 4.74 Å². The molecule has 1 amide bonds. The van der Waals surface area contributed by atoms with E-state index in [9.17, 15) is 9.90 Å². The van der Waals surface area contributed by atoms with E-state index in [-0.39, 0.29) is 24.8 Å². The van der Waals surface area contributed by atoms with Crippen molar-refractivity contribution in [3.63, 3.8) is 0 Å². The maximum Gasteiger partial charge on any atom is 0.287 e. The number of amides is 1. The molecule has 1 unspecified atom stereocenters. The minimum Gasteiger partial charge on any atom is -0.451 e. The van der Waals surface area contributed by atoms with Gasteiger partial charge < -0.3 is 19.6 Å². The zero-order valence-corrected chi connectivity index (χ0v) is 10.4. The molecule has 19 heavy (non-hydrogen) atoms. The number of carbonyl (C=O) groups is 1. The summed E-state index contributed by atoms with van der Waals surface area (Å²) in [5, 5.41) is 13.6. The van der Waals surface area contributed by atoms with Gasteiger partial charge in [0.05, 0.1) is 6.61 Å². The van der Waals surface area contributed by atoms with Crippen molar-refractivity contribution in [3.8, 4) is 0 Å². The summed E-state index contributed by atoms with van der Waals surface area (Å²) in [5.74, 6) is -0.0692. The minimum atomic E-state index is -0.957. The third kappa shape index (κ3) is 2.47. The molecule has 0 bridgehead atoms. The molecule has 0 aliphatic carbocycles. The third-order valence-electron chi connectivity index (χ3n) is 3.31. The minimum absolute atomic E-state index is 0.170. The van der Waals surface area contributed by atoms with Gasteiger partial charge in [0, 0.05) is 25.0 Å². The zero-order chi connectivity index (χ0) is 13.3. The molecule has 5 nitrogen and oxygen atoms in total. The van der Waals surface area contributed by atoms with Gasteiger partial charge in [0.2, 0.25) is 0 Å². The summed E-state index contributed by atoms with van der Waals surface area (Å²) in [6.07, 6.45) is 0.535. The van der Waals surface area contributed by atoms with Gasteiger partial charge in [-0.05, 0) is 12.1 Å². The molecule has 2 N–H and O–H groups in total. The third-order valence-corrected chi connectivity index (χ3v) is 3.31. The Bertz CT molecular complexity index is 565. The van der Waals surface area contributed by atoms with Gasteiger partial charge in [0.1, 0.15) is 11.2 Å². The number of ether oxygens (including phenoxy) is 1. The van der Waals surface area contributed by atoms with Crippen LogP contribution in [0.15, 0.2) is 34.7 Å². The van der Waals surface area contributed by atoms with Crippen molar-refractivity contribution in [2.75, 3.05) is 19.8 Å². The lowest BCUT2D eigenvalue weighted by Crippen LogP contribution is -2.43. The molecule has 100 valence electrons. The second-order valence-electron chi connectivity index (χ2n) is 4.86. The summed E-state index contributed by atoms with van der Waals surface area (Å²) in [7, 11) is 0. The number of rotatable bonds is 3. The molecule has 1 fully saturated rings. The van der Waals surface area contributed by atoms with Crippen molar-refractivity contribution < 1.29 is 19.1 Å². The quantitative estimate of drug-likeness (QED) is 0.874. The summed E-state index contributed by atoms with van der Waals surface area (Å²) in [6.45, 7) is 0.952. The second-order valence-corrected chi connectivity index (χ2v) is 4.86. The Hall–Kier alpha value is -1.85. The van der Waals surface area contributed by atoms with Crippen LogP contribution in [0.5, 0.6) is 0 Å². The number of benzene rings is 1. The fourth-order valence-corrected chi connectivity index (χ4v) is 2.16. The molecule has 0 spiro atoms. The van der Waals surface area contributed by atoms with Crippen molar-refractivity contribution in [1.82, 2.24) is 5.32 Å². The van der Waals surface area contributed by atoms with Crippen LogP contribution in [-0.4, -0.2) is 36.4 Å². The highest BCUT2D eigenvalue weighted by Crippen LogP contribution is 2.20. The predicted octanol–water partition coefficient (Wildman–Crippen LogP) is 1.31. The molecule has 1 aromatic carbocycles. The first-order valence-electron chi connectivity index (χ1n) is 6.23. The monoisotopic (exact) mass is 261 g/mol. The Morgan fingerprint density at radius 2 is 2.26 bits per heavy atom. The van der Waals surface area contributed by atoms with E-state index in [1.54, 1.807) is 6.07 Å². The smallest absolute Gasteiger partial charge is 0.287 e. The molecule has 3 rings (SSSR count). The number of aliphatic hydroxyl groups is 1. The van der Waals surface area contributed by atoms with Crippen molar-refractivity contribution >= 4 is 16.9 Å². The number of hydrogen-bond donors (Lipinski definition) is 2. The standard InChI is InChI=1S/C14H15NO4/c16-13(15-8-14(17)5-6-18-9-14)12-7-10-3-1-2-4-11(10)19-12/h1-4,7,17H,5-6,8-9H2,(H,15,16). The van der Waals surface area contributed by atoms with Gasteiger partial charge >= 0.3 is 0 Å². The fraction of sp³-hybridized carbons (Fsp3) is 0.357. The van der Waals surface area contributed by atoms with Crippen molar-refractivity contribution in [2.45, 2.75) is 12.0 Å². The largest absolute Gasteiger partial charge is 0.451 e. The van der Waals surface area contributed by atoms with Crippen LogP contribution in [0.25, 0.3) is 11.0 Å². The van der Waals surface area contributed by atoms with E-state index < -0.39 is 5.60 Å². The molecular weight excluding hydrogens is 246 g/mol. The van der Waals surface area contributed by atoms with Crippen LogP contribution in [0.1, 0.15) is 17.0 Å². The molecule has 5 heteroatoms. The molecule has 1 aromatic heterocycles. The molecule has 1 atom stereocenters. The van der Waals surface area contributed by atoms with Gasteiger partial charge in [-0.3, -0.25) is 4.79 Å². The topological polar surface area (TPSA) is 71.7 Å². The van der Waals surface area contributed by atoms with Crippen LogP contribution in [0.2, 0.25) is 0 Å². The first kappa shape index (κ1) is 12.2. The van der Waals surface area contributed by atoms with Crippen LogP contribution in [0.4, 0.5) is 0 Å². The SMILES string of the molecule is O=C(NCC1(O)CCOC1)c1cc2ccccc2o1. The van der Waals surface area contributed by atoms with Gasteiger partial charge in [0.25, 0.3) is 5.91 Å². The summed E-state index contributed by atoms with van der Waals surface area (Å²) < 4.78 is 10.6. The van der Waals surface area contributed by atoms with E-state index in [1.165, 1.54) is 0 Å². The zero-order valence-electron chi connectivity index (χ0n) is 10.4. The Morgan fingerprint density at radius 3 is 3.00 bits per heavy atom. The highest BCUT2D eigenvalue weighted by molar-refractivity contribution is 5.96. The van der Waals surface area contributed by atoms with E-state index in [4.69, 9.17) is 9.15 Å². The second kappa shape index (κ2) is 4.68. The molecule has 2 aromatic rings. The Morgan fingerprint density at radius 1 is 1.42 bits per heavy atom. The van der Waals surface area contributed by atoms with Crippen molar-refractivity contribution in [1.29, 1.82) is 0 Å². The lowest BCUT2D eigenvalue weighted by molar-refractivity contribution is 0.0261. The summed E-state index contributed by atoms with van der Waals surface area (Å²) in [4.78, 5) is 12.0. The van der Waals surface area contributed by atoms with E-state index in [0.717, 1.165) is 5.39 Å². The lowest BCUT2D eigenvalue weighted by Gasteiger charge is -2.20. The maximum atomic E-state index is 12.0. The molecule has 0 saturated carbocycles. The van der Waals surface area contributed by atoms with Crippen molar-refractivity contribution in [3.05, 3.63) is 36.1 Å². The van der Waals surface area contributed by atoms with Crippen LogP contribution in [0, 0.1) is 0 Å². The van der Waals surface area contributed by atoms with Gasteiger partial charge in [0.15, 0.2) is 5.76 Å². The van der Waals surface area contributed by atoms with E-state index in [2.05, 4.69) is 5.32 Å². The Balaban J connectivity index is 1.69. The Kier molecular flexibility index (Phi) is 3.00. The summed E-state index contributed by atoms with van der Waals surface area (Å²) >= 11 is 0. The summed E-state index contributed by atoms with van der Waals surface area (Å²) in [6, 6.07) is 9.13. The highest BCUT2D eigenvalue weighted by atomic mass is 16.5. The van der Waals surface area contributed by atoms with Crippen LogP contribution in [0.3, 0.4) is 0 Å². The number of para-hydroxylation sites is 1. The number of furan rings is 1. The van der Waals surface area contributed by atoms with Gasteiger partial charge in [-0.2, -0.15) is 0 Å². The molecule has 0 radical (unpaired) electrons. The maximum absolute atomic E-state index is 12.0. The van der Waals surface area contributed by atoms with Crippen LogP contribution < -0.4 is 5.32 Å². The van der Waals surface area contributed by atoms with Gasteiger partial charge in [-0.25, -0.2) is 0 Å². The average Bonchev–Trinajstić information content (AvgIpc) is 3.02. The van der Waals surface area contributed by atoms with E-state index in [0.29, 0.717) is 18.6 Å².